The van der Waals surface area contributed by atoms with E-state index >= 15 is 0 Å². The van der Waals surface area contributed by atoms with Gasteiger partial charge in [0.05, 0.1) is 5.56 Å². The zero-order valence-corrected chi connectivity index (χ0v) is 9.63. The second-order valence-corrected chi connectivity index (χ2v) is 4.84. The van der Waals surface area contributed by atoms with Crippen molar-refractivity contribution in [2.24, 2.45) is 5.92 Å². The van der Waals surface area contributed by atoms with Crippen LogP contribution in [0.25, 0.3) is 0 Å². The fourth-order valence-corrected chi connectivity index (χ4v) is 2.44. The maximum atomic E-state index is 12.4. The second-order valence-electron chi connectivity index (χ2n) is 4.84. The molecule has 0 spiro atoms. The summed E-state index contributed by atoms with van der Waals surface area (Å²) < 4.78 is 37.2. The molecule has 0 nitrogen and oxygen atoms in total. The van der Waals surface area contributed by atoms with Gasteiger partial charge in [0.1, 0.15) is 0 Å². The Hall–Kier alpha value is -0.990. The van der Waals surface area contributed by atoms with Crippen LogP contribution in [0.15, 0.2) is 24.3 Å². The number of rotatable bonds is 1. The van der Waals surface area contributed by atoms with Gasteiger partial charge >= 0.3 is 6.18 Å². The van der Waals surface area contributed by atoms with E-state index in [9.17, 15) is 13.2 Å². The van der Waals surface area contributed by atoms with Crippen LogP contribution < -0.4 is 0 Å². The summed E-state index contributed by atoms with van der Waals surface area (Å²) in [7, 11) is 0. The van der Waals surface area contributed by atoms with E-state index < -0.39 is 11.7 Å². The molecular formula is C14H16F3. The van der Waals surface area contributed by atoms with Crippen LogP contribution in [0.3, 0.4) is 0 Å². The lowest BCUT2D eigenvalue weighted by atomic mass is 9.79. The third kappa shape index (κ3) is 3.02. The standard InChI is InChI=1S/C14H16F3/c1-10-2-4-11(5-3-10)12-6-8-13(9-7-12)14(15,16)17/h6-11H,1-5H2. The van der Waals surface area contributed by atoms with Gasteiger partial charge in [-0.15, -0.1) is 0 Å². The summed E-state index contributed by atoms with van der Waals surface area (Å²) in [4.78, 5) is 0. The lowest BCUT2D eigenvalue weighted by Crippen LogP contribution is -2.11. The fraction of sp³-hybridized carbons (Fsp3) is 0.500. The molecule has 1 aliphatic rings. The van der Waals surface area contributed by atoms with Crippen LogP contribution in [0, 0.1) is 12.8 Å². The molecule has 1 aromatic carbocycles. The summed E-state index contributed by atoms with van der Waals surface area (Å²) in [6.07, 6.45) is -0.0000306. The average Bonchev–Trinajstić information content (AvgIpc) is 2.29. The SMILES string of the molecule is [CH2]C1CCC(c2ccc(C(F)(F)F)cc2)CC1. The summed E-state index contributed by atoms with van der Waals surface area (Å²) >= 11 is 0. The first-order valence-corrected chi connectivity index (χ1v) is 5.97. The molecule has 0 saturated heterocycles. The van der Waals surface area contributed by atoms with E-state index in [-0.39, 0.29) is 0 Å². The Balaban J connectivity index is 2.08. The lowest BCUT2D eigenvalue weighted by Gasteiger charge is -2.26. The van der Waals surface area contributed by atoms with Crippen molar-refractivity contribution in [3.05, 3.63) is 42.3 Å². The largest absolute Gasteiger partial charge is 0.416 e. The zero-order chi connectivity index (χ0) is 12.5. The van der Waals surface area contributed by atoms with Crippen molar-refractivity contribution in [1.82, 2.24) is 0 Å². The minimum absolute atomic E-state index is 0.412. The minimum atomic E-state index is -4.23. The molecule has 1 aromatic rings. The van der Waals surface area contributed by atoms with Crippen molar-refractivity contribution in [3.63, 3.8) is 0 Å². The van der Waals surface area contributed by atoms with Crippen molar-refractivity contribution in [2.45, 2.75) is 37.8 Å². The van der Waals surface area contributed by atoms with Crippen LogP contribution in [0.2, 0.25) is 0 Å². The van der Waals surface area contributed by atoms with Gasteiger partial charge in [-0.2, -0.15) is 13.2 Å². The third-order valence-corrected chi connectivity index (χ3v) is 3.56. The van der Waals surface area contributed by atoms with Crippen LogP contribution in [-0.2, 0) is 6.18 Å². The van der Waals surface area contributed by atoms with Crippen molar-refractivity contribution < 1.29 is 13.2 Å². The number of hydrogen-bond acceptors (Lipinski definition) is 0. The van der Waals surface area contributed by atoms with E-state index in [4.69, 9.17) is 0 Å². The highest BCUT2D eigenvalue weighted by molar-refractivity contribution is 5.27. The predicted molar refractivity (Wildman–Crippen MR) is 61.5 cm³/mol. The highest BCUT2D eigenvalue weighted by Gasteiger charge is 2.30. The van der Waals surface area contributed by atoms with Crippen molar-refractivity contribution in [2.75, 3.05) is 0 Å². The topological polar surface area (TPSA) is 0 Å². The molecule has 0 N–H and O–H groups in total. The second kappa shape index (κ2) is 4.71. The van der Waals surface area contributed by atoms with Gasteiger partial charge in [0.2, 0.25) is 0 Å². The fourth-order valence-electron chi connectivity index (χ4n) is 2.44. The number of alkyl halides is 3. The van der Waals surface area contributed by atoms with E-state index in [1.54, 1.807) is 12.1 Å². The van der Waals surface area contributed by atoms with Crippen LogP contribution in [0.5, 0.6) is 0 Å². The zero-order valence-electron chi connectivity index (χ0n) is 9.63. The van der Waals surface area contributed by atoms with Gasteiger partial charge in [-0.05, 0) is 55.2 Å². The molecule has 0 heterocycles. The first kappa shape index (κ1) is 12.5. The van der Waals surface area contributed by atoms with Gasteiger partial charge in [-0.3, -0.25) is 0 Å². The van der Waals surface area contributed by atoms with Crippen molar-refractivity contribution in [1.29, 1.82) is 0 Å². The maximum Gasteiger partial charge on any atom is 0.416 e. The molecule has 1 saturated carbocycles. The molecule has 0 bridgehead atoms. The van der Waals surface area contributed by atoms with Gasteiger partial charge in [0.25, 0.3) is 0 Å². The van der Waals surface area contributed by atoms with Crippen molar-refractivity contribution >= 4 is 0 Å². The molecule has 93 valence electrons. The normalized spacial score (nSPS) is 25.9. The molecule has 2 rings (SSSR count). The van der Waals surface area contributed by atoms with E-state index in [2.05, 4.69) is 6.92 Å². The monoisotopic (exact) mass is 241 g/mol. The Morgan fingerprint density at radius 2 is 1.47 bits per heavy atom. The Labute approximate surface area is 99.8 Å². The summed E-state index contributed by atoms with van der Waals surface area (Å²) in [5, 5.41) is 0. The summed E-state index contributed by atoms with van der Waals surface area (Å²) in [6.45, 7) is 4.02. The Morgan fingerprint density at radius 1 is 0.941 bits per heavy atom. The van der Waals surface area contributed by atoms with E-state index in [1.165, 1.54) is 12.1 Å². The maximum absolute atomic E-state index is 12.4. The smallest absolute Gasteiger partial charge is 0.166 e. The highest BCUT2D eigenvalue weighted by atomic mass is 19.4. The first-order chi connectivity index (χ1) is 7.97. The van der Waals surface area contributed by atoms with E-state index in [0.717, 1.165) is 31.2 Å². The molecular weight excluding hydrogens is 225 g/mol. The molecule has 3 heteroatoms. The van der Waals surface area contributed by atoms with Gasteiger partial charge in [-0.25, -0.2) is 0 Å². The third-order valence-electron chi connectivity index (χ3n) is 3.56. The van der Waals surface area contributed by atoms with Crippen LogP contribution in [0.4, 0.5) is 13.2 Å². The molecule has 0 aromatic heterocycles. The number of benzene rings is 1. The van der Waals surface area contributed by atoms with Crippen LogP contribution in [0.1, 0.15) is 42.7 Å². The lowest BCUT2D eigenvalue weighted by molar-refractivity contribution is -0.137. The molecule has 0 atom stereocenters. The van der Waals surface area contributed by atoms with Gasteiger partial charge in [-0.1, -0.05) is 19.1 Å². The predicted octanol–water partition coefficient (Wildman–Crippen LogP) is 4.81. The Bertz CT molecular complexity index is 356. The van der Waals surface area contributed by atoms with E-state index in [1.807, 2.05) is 0 Å². The van der Waals surface area contributed by atoms with E-state index in [0.29, 0.717) is 11.8 Å². The Morgan fingerprint density at radius 3 is 1.94 bits per heavy atom. The average molecular weight is 241 g/mol. The van der Waals surface area contributed by atoms with Crippen molar-refractivity contribution in [3.8, 4) is 0 Å². The van der Waals surface area contributed by atoms with Crippen LogP contribution in [-0.4, -0.2) is 0 Å². The molecule has 17 heavy (non-hydrogen) atoms. The Kier molecular flexibility index (Phi) is 3.45. The summed E-state index contributed by atoms with van der Waals surface area (Å²) in [5.74, 6) is 0.927. The van der Waals surface area contributed by atoms with Gasteiger partial charge in [0.15, 0.2) is 0 Å². The molecule has 1 aliphatic carbocycles. The molecule has 1 radical (unpaired) electrons. The number of halogens is 3. The highest BCUT2D eigenvalue weighted by Crippen LogP contribution is 2.36. The first-order valence-electron chi connectivity index (χ1n) is 5.97. The molecule has 0 unspecified atom stereocenters. The molecule has 1 fully saturated rings. The summed E-state index contributed by atoms with van der Waals surface area (Å²) in [6, 6.07) is 5.62. The minimum Gasteiger partial charge on any atom is -0.166 e. The van der Waals surface area contributed by atoms with Gasteiger partial charge < -0.3 is 0 Å². The number of hydrogen-bond donors (Lipinski definition) is 0. The summed E-state index contributed by atoms with van der Waals surface area (Å²) in [5.41, 5.74) is 0.469. The molecule has 0 aliphatic heterocycles. The van der Waals surface area contributed by atoms with Crippen LogP contribution >= 0.6 is 0 Å². The quantitative estimate of drug-likeness (QED) is 0.661. The molecule has 0 amide bonds. The van der Waals surface area contributed by atoms with Gasteiger partial charge in [0, 0.05) is 0 Å².